The van der Waals surface area contributed by atoms with Gasteiger partial charge in [0.05, 0.1) is 0 Å². The molecule has 0 saturated heterocycles. The highest BCUT2D eigenvalue weighted by molar-refractivity contribution is 5.29. The van der Waals surface area contributed by atoms with Crippen LogP contribution in [0.25, 0.3) is 0 Å². The minimum atomic E-state index is -0.117. The van der Waals surface area contributed by atoms with Crippen molar-refractivity contribution in [1.82, 2.24) is 0 Å². The number of hydrogen-bond acceptors (Lipinski definition) is 2. The van der Waals surface area contributed by atoms with E-state index < -0.39 is 0 Å². The van der Waals surface area contributed by atoms with Crippen LogP contribution >= 0.6 is 0 Å². The van der Waals surface area contributed by atoms with Crippen molar-refractivity contribution in [3.05, 3.63) is 67.2 Å². The number of allylic oxidation sites excluding steroid dienone is 2. The number of rotatable bonds is 4. The molecule has 2 heteroatoms. The Labute approximate surface area is 83.5 Å². The molecule has 0 bridgehead atoms. The lowest BCUT2D eigenvalue weighted by Crippen LogP contribution is -1.97. The Bertz CT molecular complexity index is 350. The minimum absolute atomic E-state index is 0.117. The molecule has 1 N–H and O–H groups in total. The van der Waals surface area contributed by atoms with Crippen LogP contribution in [0, 0.1) is 0 Å². The van der Waals surface area contributed by atoms with E-state index in [4.69, 9.17) is 9.84 Å². The molecule has 1 aromatic rings. The van der Waals surface area contributed by atoms with Gasteiger partial charge in [0.2, 0.25) is 0 Å². The minimum Gasteiger partial charge on any atom is -0.505 e. The number of aliphatic hydroxyl groups excluding tert-OH is 1. The first-order chi connectivity index (χ1) is 6.74. The van der Waals surface area contributed by atoms with E-state index in [1.165, 1.54) is 6.08 Å². The second-order valence-electron chi connectivity index (χ2n) is 2.63. The largest absolute Gasteiger partial charge is 0.505 e. The van der Waals surface area contributed by atoms with E-state index >= 15 is 0 Å². The first kappa shape index (κ1) is 10.1. The van der Waals surface area contributed by atoms with Crippen molar-refractivity contribution < 1.29 is 9.84 Å². The van der Waals surface area contributed by atoms with Gasteiger partial charge in [0.1, 0.15) is 5.75 Å². The van der Waals surface area contributed by atoms with Gasteiger partial charge in [-0.3, -0.25) is 0 Å². The molecule has 14 heavy (non-hydrogen) atoms. The first-order valence-corrected chi connectivity index (χ1v) is 4.18. The SMILES string of the molecule is C=C/C=C(/Oc1ccccc1)C(=C)O. The topological polar surface area (TPSA) is 29.5 Å². The van der Waals surface area contributed by atoms with Gasteiger partial charge in [-0.05, 0) is 18.2 Å². The smallest absolute Gasteiger partial charge is 0.168 e. The van der Waals surface area contributed by atoms with Crippen LogP contribution in [-0.4, -0.2) is 5.11 Å². The molecule has 0 atom stereocenters. The highest BCUT2D eigenvalue weighted by Crippen LogP contribution is 2.15. The van der Waals surface area contributed by atoms with E-state index in [0.29, 0.717) is 11.5 Å². The lowest BCUT2D eigenvalue weighted by atomic mass is 10.3. The molecular formula is C12H12O2. The zero-order chi connectivity index (χ0) is 10.4. The van der Waals surface area contributed by atoms with Crippen molar-refractivity contribution in [1.29, 1.82) is 0 Å². The Morgan fingerprint density at radius 3 is 2.43 bits per heavy atom. The average Bonchev–Trinajstić information content (AvgIpc) is 2.18. The van der Waals surface area contributed by atoms with E-state index in [1.54, 1.807) is 18.2 Å². The van der Waals surface area contributed by atoms with Crippen molar-refractivity contribution in [2.75, 3.05) is 0 Å². The third-order valence-corrected chi connectivity index (χ3v) is 1.52. The summed E-state index contributed by atoms with van der Waals surface area (Å²) in [6.07, 6.45) is 3.08. The molecule has 0 aliphatic rings. The highest BCUT2D eigenvalue weighted by Gasteiger charge is 2.01. The zero-order valence-electron chi connectivity index (χ0n) is 7.81. The Balaban J connectivity index is 2.80. The maximum Gasteiger partial charge on any atom is 0.168 e. The van der Waals surface area contributed by atoms with E-state index in [9.17, 15) is 0 Å². The quantitative estimate of drug-likeness (QED) is 0.580. The lowest BCUT2D eigenvalue weighted by Gasteiger charge is -2.07. The van der Waals surface area contributed by atoms with E-state index in [1.807, 2.05) is 18.2 Å². The summed E-state index contributed by atoms with van der Waals surface area (Å²) in [4.78, 5) is 0. The van der Waals surface area contributed by atoms with Crippen LogP contribution < -0.4 is 4.74 Å². The van der Waals surface area contributed by atoms with Gasteiger partial charge < -0.3 is 9.84 Å². The standard InChI is InChI=1S/C12H12O2/c1-3-7-12(10(2)13)14-11-8-5-4-6-9-11/h3-9,13H,1-2H2/b12-7+. The van der Waals surface area contributed by atoms with Crippen LogP contribution in [0.5, 0.6) is 5.75 Å². The van der Waals surface area contributed by atoms with Crippen LogP contribution in [0.4, 0.5) is 0 Å². The lowest BCUT2D eigenvalue weighted by molar-refractivity contribution is 0.339. The van der Waals surface area contributed by atoms with Gasteiger partial charge in [-0.2, -0.15) is 0 Å². The average molecular weight is 188 g/mol. The molecule has 2 nitrogen and oxygen atoms in total. The maximum atomic E-state index is 9.17. The molecular weight excluding hydrogens is 176 g/mol. The Morgan fingerprint density at radius 2 is 1.93 bits per heavy atom. The third kappa shape index (κ3) is 2.83. The molecule has 0 aliphatic heterocycles. The highest BCUT2D eigenvalue weighted by atomic mass is 16.5. The predicted octanol–water partition coefficient (Wildman–Crippen LogP) is 3.21. The van der Waals surface area contributed by atoms with Gasteiger partial charge in [0, 0.05) is 0 Å². The van der Waals surface area contributed by atoms with Crippen molar-refractivity contribution in [3.63, 3.8) is 0 Å². The number of benzene rings is 1. The molecule has 0 aliphatic carbocycles. The van der Waals surface area contributed by atoms with Crippen LogP contribution in [0.15, 0.2) is 67.2 Å². The van der Waals surface area contributed by atoms with Crippen LogP contribution in [0.2, 0.25) is 0 Å². The van der Waals surface area contributed by atoms with Crippen molar-refractivity contribution in [2.45, 2.75) is 0 Å². The maximum absolute atomic E-state index is 9.17. The Kier molecular flexibility index (Phi) is 3.56. The van der Waals surface area contributed by atoms with Gasteiger partial charge in [-0.1, -0.05) is 37.4 Å². The first-order valence-electron chi connectivity index (χ1n) is 4.18. The van der Waals surface area contributed by atoms with E-state index in [-0.39, 0.29) is 5.76 Å². The monoisotopic (exact) mass is 188 g/mol. The molecule has 0 fully saturated rings. The molecule has 1 aromatic carbocycles. The second kappa shape index (κ2) is 4.92. The molecule has 0 heterocycles. The molecule has 0 saturated carbocycles. The fourth-order valence-electron chi connectivity index (χ4n) is 0.912. The van der Waals surface area contributed by atoms with Gasteiger partial charge in [-0.15, -0.1) is 0 Å². The van der Waals surface area contributed by atoms with Gasteiger partial charge in [-0.25, -0.2) is 0 Å². The zero-order valence-corrected chi connectivity index (χ0v) is 7.81. The normalized spacial score (nSPS) is 10.7. The molecule has 0 aromatic heterocycles. The number of para-hydroxylation sites is 1. The summed E-state index contributed by atoms with van der Waals surface area (Å²) in [6.45, 7) is 6.90. The Morgan fingerprint density at radius 1 is 1.29 bits per heavy atom. The number of ether oxygens (including phenoxy) is 1. The second-order valence-corrected chi connectivity index (χ2v) is 2.63. The summed E-state index contributed by atoms with van der Waals surface area (Å²) in [5.41, 5.74) is 0. The molecule has 0 unspecified atom stereocenters. The summed E-state index contributed by atoms with van der Waals surface area (Å²) in [6, 6.07) is 9.17. The third-order valence-electron chi connectivity index (χ3n) is 1.52. The van der Waals surface area contributed by atoms with Crippen molar-refractivity contribution >= 4 is 0 Å². The van der Waals surface area contributed by atoms with Gasteiger partial charge in [0.15, 0.2) is 11.5 Å². The fraction of sp³-hybridized carbons (Fsp3) is 0. The fourth-order valence-corrected chi connectivity index (χ4v) is 0.912. The molecule has 72 valence electrons. The van der Waals surface area contributed by atoms with Crippen molar-refractivity contribution in [3.8, 4) is 5.75 Å². The molecule has 0 radical (unpaired) electrons. The summed E-state index contributed by atoms with van der Waals surface area (Å²) >= 11 is 0. The van der Waals surface area contributed by atoms with Crippen LogP contribution in [0.1, 0.15) is 0 Å². The van der Waals surface area contributed by atoms with Crippen LogP contribution in [-0.2, 0) is 0 Å². The molecule has 0 amide bonds. The Hall–Kier alpha value is -1.96. The summed E-state index contributed by atoms with van der Waals surface area (Å²) in [5.74, 6) is 0.829. The van der Waals surface area contributed by atoms with Crippen molar-refractivity contribution in [2.24, 2.45) is 0 Å². The van der Waals surface area contributed by atoms with E-state index in [0.717, 1.165) is 0 Å². The molecule has 1 rings (SSSR count). The predicted molar refractivity (Wildman–Crippen MR) is 57.1 cm³/mol. The summed E-state index contributed by atoms with van der Waals surface area (Å²) in [7, 11) is 0. The van der Waals surface area contributed by atoms with Crippen LogP contribution in [0.3, 0.4) is 0 Å². The van der Waals surface area contributed by atoms with Gasteiger partial charge in [0.25, 0.3) is 0 Å². The van der Waals surface area contributed by atoms with Gasteiger partial charge >= 0.3 is 0 Å². The number of hydrogen-bond donors (Lipinski definition) is 1. The molecule has 0 spiro atoms. The summed E-state index contributed by atoms with van der Waals surface area (Å²) in [5, 5.41) is 9.17. The summed E-state index contributed by atoms with van der Waals surface area (Å²) < 4.78 is 5.36. The number of aliphatic hydroxyl groups is 1. The van der Waals surface area contributed by atoms with E-state index in [2.05, 4.69) is 13.2 Å².